The van der Waals surface area contributed by atoms with Crippen LogP contribution in [0.2, 0.25) is 0 Å². The number of nitrogens with one attached hydrogen (secondary N) is 1. The molecule has 0 aliphatic carbocycles. The maximum Gasteiger partial charge on any atom is 0.338 e. The number of esters is 1. The van der Waals surface area contributed by atoms with E-state index in [1.807, 2.05) is 31.2 Å². The van der Waals surface area contributed by atoms with Gasteiger partial charge in [0.25, 0.3) is 0 Å². The van der Waals surface area contributed by atoms with Crippen molar-refractivity contribution < 1.29 is 19.1 Å². The van der Waals surface area contributed by atoms with E-state index < -0.39 is 5.97 Å². The third kappa shape index (κ3) is 5.95. The number of ether oxygens (including phenoxy) is 1. The Morgan fingerprint density at radius 3 is 2.37 bits per heavy atom. The van der Waals surface area contributed by atoms with Crippen molar-refractivity contribution in [2.24, 2.45) is 0 Å². The summed E-state index contributed by atoms with van der Waals surface area (Å²) in [6.07, 6.45) is 0. The highest BCUT2D eigenvalue weighted by Gasteiger charge is 2.16. The second kappa shape index (κ2) is 9.52. The molecule has 2 rings (SSSR count). The van der Waals surface area contributed by atoms with Crippen molar-refractivity contribution >= 4 is 23.5 Å². The van der Waals surface area contributed by atoms with Gasteiger partial charge in [0.1, 0.15) is 6.54 Å². The summed E-state index contributed by atoms with van der Waals surface area (Å²) in [5, 5.41) is 2.82. The van der Waals surface area contributed by atoms with E-state index in [0.717, 1.165) is 11.1 Å². The first-order valence-corrected chi connectivity index (χ1v) is 8.78. The maximum absolute atomic E-state index is 12.3. The molecule has 0 atom stereocenters. The second-order valence-electron chi connectivity index (χ2n) is 6.14. The molecular formula is C21H24N2O4. The molecule has 6 heteroatoms. The summed E-state index contributed by atoms with van der Waals surface area (Å²) < 4.78 is 4.94. The standard InChI is InChI=1S/C21H24N2O4/c1-4-27-21(26)18-8-10-19(11-9-18)23(16(3)24)14-20(25)22-13-17-7-5-6-15(2)12-17/h5-12H,4,13-14H2,1-3H3,(H,22,25). The minimum Gasteiger partial charge on any atom is -0.462 e. The molecule has 6 nitrogen and oxygen atoms in total. The van der Waals surface area contributed by atoms with E-state index in [1.54, 1.807) is 31.2 Å². The van der Waals surface area contributed by atoms with Crippen LogP contribution in [0.4, 0.5) is 5.69 Å². The molecule has 2 aromatic rings. The zero-order valence-corrected chi connectivity index (χ0v) is 15.8. The Bertz CT molecular complexity index is 815. The third-order valence-electron chi connectivity index (χ3n) is 3.94. The van der Waals surface area contributed by atoms with Crippen molar-refractivity contribution in [3.05, 3.63) is 65.2 Å². The van der Waals surface area contributed by atoms with Crippen molar-refractivity contribution in [3.63, 3.8) is 0 Å². The van der Waals surface area contributed by atoms with E-state index in [-0.39, 0.29) is 18.4 Å². The van der Waals surface area contributed by atoms with E-state index in [0.29, 0.717) is 24.4 Å². The Morgan fingerprint density at radius 1 is 1.07 bits per heavy atom. The zero-order chi connectivity index (χ0) is 19.8. The minimum atomic E-state index is -0.422. The molecule has 0 saturated heterocycles. The van der Waals surface area contributed by atoms with Gasteiger partial charge in [0, 0.05) is 19.2 Å². The van der Waals surface area contributed by atoms with Gasteiger partial charge in [-0.3, -0.25) is 9.59 Å². The van der Waals surface area contributed by atoms with E-state index in [1.165, 1.54) is 11.8 Å². The SMILES string of the molecule is CCOC(=O)c1ccc(N(CC(=O)NCc2cccc(C)c2)C(C)=O)cc1. The smallest absolute Gasteiger partial charge is 0.338 e. The number of carbonyl (C=O) groups excluding carboxylic acids is 3. The number of hydrogen-bond donors (Lipinski definition) is 1. The molecule has 1 N–H and O–H groups in total. The highest BCUT2D eigenvalue weighted by Crippen LogP contribution is 2.16. The molecular weight excluding hydrogens is 344 g/mol. The zero-order valence-electron chi connectivity index (χ0n) is 15.8. The number of nitrogens with zero attached hydrogens (tertiary/aromatic N) is 1. The summed E-state index contributed by atoms with van der Waals surface area (Å²) in [5.41, 5.74) is 3.06. The molecule has 0 aliphatic rings. The number of carbonyl (C=O) groups is 3. The summed E-state index contributed by atoms with van der Waals surface area (Å²) in [6, 6.07) is 14.3. The van der Waals surface area contributed by atoms with E-state index in [2.05, 4.69) is 5.32 Å². The number of hydrogen-bond acceptors (Lipinski definition) is 4. The van der Waals surface area contributed by atoms with Crippen LogP contribution in [0.25, 0.3) is 0 Å². The summed E-state index contributed by atoms with van der Waals surface area (Å²) in [4.78, 5) is 37.3. The number of aryl methyl sites for hydroxylation is 1. The van der Waals surface area contributed by atoms with Gasteiger partial charge in [0.15, 0.2) is 0 Å². The highest BCUT2D eigenvalue weighted by molar-refractivity contribution is 5.98. The number of amides is 2. The Kier molecular flexibility index (Phi) is 7.11. The van der Waals surface area contributed by atoms with Crippen molar-refractivity contribution in [1.29, 1.82) is 0 Å². The lowest BCUT2D eigenvalue weighted by molar-refractivity contribution is -0.123. The maximum atomic E-state index is 12.3. The van der Waals surface area contributed by atoms with Crippen LogP contribution in [0.1, 0.15) is 35.3 Å². The highest BCUT2D eigenvalue weighted by atomic mass is 16.5. The normalized spacial score (nSPS) is 10.2. The Labute approximate surface area is 159 Å². The average Bonchev–Trinajstić information content (AvgIpc) is 2.64. The van der Waals surface area contributed by atoms with Crippen molar-refractivity contribution in [3.8, 4) is 0 Å². The predicted octanol–water partition coefficient (Wildman–Crippen LogP) is 2.84. The summed E-state index contributed by atoms with van der Waals surface area (Å²) >= 11 is 0. The van der Waals surface area contributed by atoms with Crippen LogP contribution in [0.3, 0.4) is 0 Å². The van der Waals surface area contributed by atoms with Crippen LogP contribution in [-0.4, -0.2) is 30.9 Å². The second-order valence-corrected chi connectivity index (χ2v) is 6.14. The quantitative estimate of drug-likeness (QED) is 0.763. The van der Waals surface area contributed by atoms with Gasteiger partial charge < -0.3 is 15.0 Å². The molecule has 0 saturated carbocycles. The number of benzene rings is 2. The first kappa shape index (κ1) is 20.2. The molecule has 0 radical (unpaired) electrons. The molecule has 0 spiro atoms. The predicted molar refractivity (Wildman–Crippen MR) is 103 cm³/mol. The lowest BCUT2D eigenvalue weighted by atomic mass is 10.1. The van der Waals surface area contributed by atoms with E-state index in [4.69, 9.17) is 4.74 Å². The van der Waals surface area contributed by atoms with Crippen LogP contribution in [0, 0.1) is 6.92 Å². The van der Waals surface area contributed by atoms with Crippen LogP contribution in [0.15, 0.2) is 48.5 Å². The molecule has 0 aliphatic heterocycles. The van der Waals surface area contributed by atoms with Crippen LogP contribution >= 0.6 is 0 Å². The van der Waals surface area contributed by atoms with Gasteiger partial charge in [-0.25, -0.2) is 4.79 Å². The third-order valence-corrected chi connectivity index (χ3v) is 3.94. The van der Waals surface area contributed by atoms with Crippen molar-refractivity contribution in [2.75, 3.05) is 18.1 Å². The van der Waals surface area contributed by atoms with Crippen molar-refractivity contribution in [2.45, 2.75) is 27.3 Å². The van der Waals surface area contributed by atoms with E-state index >= 15 is 0 Å². The Hall–Kier alpha value is -3.15. The fourth-order valence-corrected chi connectivity index (χ4v) is 2.60. The molecule has 0 unspecified atom stereocenters. The molecule has 0 heterocycles. The molecule has 0 bridgehead atoms. The Morgan fingerprint density at radius 2 is 1.78 bits per heavy atom. The average molecular weight is 368 g/mol. The van der Waals surface area contributed by atoms with Crippen molar-refractivity contribution in [1.82, 2.24) is 5.32 Å². The van der Waals surface area contributed by atoms with Gasteiger partial charge in [-0.15, -0.1) is 0 Å². The number of rotatable bonds is 7. The lowest BCUT2D eigenvalue weighted by Crippen LogP contribution is -2.39. The number of anilines is 1. The summed E-state index contributed by atoms with van der Waals surface area (Å²) in [7, 11) is 0. The fourth-order valence-electron chi connectivity index (χ4n) is 2.60. The first-order valence-electron chi connectivity index (χ1n) is 8.78. The van der Waals surface area contributed by atoms with Gasteiger partial charge in [-0.1, -0.05) is 29.8 Å². The van der Waals surface area contributed by atoms with Gasteiger partial charge in [0.2, 0.25) is 11.8 Å². The summed E-state index contributed by atoms with van der Waals surface area (Å²) in [5.74, 6) is -0.944. The lowest BCUT2D eigenvalue weighted by Gasteiger charge is -2.21. The van der Waals surface area contributed by atoms with Crippen LogP contribution < -0.4 is 10.2 Å². The van der Waals surface area contributed by atoms with Gasteiger partial charge in [-0.05, 0) is 43.7 Å². The molecule has 0 aromatic heterocycles. The monoisotopic (exact) mass is 368 g/mol. The van der Waals surface area contributed by atoms with Crippen LogP contribution in [-0.2, 0) is 20.9 Å². The molecule has 0 fully saturated rings. The molecule has 142 valence electrons. The van der Waals surface area contributed by atoms with Gasteiger partial charge in [-0.2, -0.15) is 0 Å². The minimum absolute atomic E-state index is 0.0973. The van der Waals surface area contributed by atoms with Gasteiger partial charge >= 0.3 is 5.97 Å². The molecule has 27 heavy (non-hydrogen) atoms. The summed E-state index contributed by atoms with van der Waals surface area (Å²) in [6.45, 7) is 5.71. The van der Waals surface area contributed by atoms with Gasteiger partial charge in [0.05, 0.1) is 12.2 Å². The topological polar surface area (TPSA) is 75.7 Å². The largest absolute Gasteiger partial charge is 0.462 e. The molecule has 2 amide bonds. The van der Waals surface area contributed by atoms with Crippen LogP contribution in [0.5, 0.6) is 0 Å². The van der Waals surface area contributed by atoms with E-state index in [9.17, 15) is 14.4 Å². The first-order chi connectivity index (χ1) is 12.9. The molecule has 2 aromatic carbocycles. The fraction of sp³-hybridized carbons (Fsp3) is 0.286. The Balaban J connectivity index is 2.01.